The number of rotatable bonds is 1. The quantitative estimate of drug-likeness (QED) is 0.774. The van der Waals surface area contributed by atoms with E-state index in [1.54, 1.807) is 6.92 Å². The SMILES string of the molecule is CCC1(F)Oc2c(F)ccc(Br)c2O1. The molecule has 0 fully saturated rings. The maximum atomic E-state index is 13.6. The van der Waals surface area contributed by atoms with Crippen LogP contribution in [0.3, 0.4) is 0 Å². The first-order valence-electron chi connectivity index (χ1n) is 4.10. The molecule has 1 aliphatic heterocycles. The molecule has 76 valence electrons. The Morgan fingerprint density at radius 2 is 2.00 bits per heavy atom. The highest BCUT2D eigenvalue weighted by Gasteiger charge is 2.43. The van der Waals surface area contributed by atoms with E-state index in [-0.39, 0.29) is 17.9 Å². The average Bonchev–Trinajstić information content (AvgIpc) is 2.52. The first-order chi connectivity index (χ1) is 6.56. The Hall–Kier alpha value is -0.840. The van der Waals surface area contributed by atoms with Gasteiger partial charge in [-0.05, 0) is 28.1 Å². The van der Waals surface area contributed by atoms with Crippen LogP contribution in [0.2, 0.25) is 0 Å². The lowest BCUT2D eigenvalue weighted by atomic mass is 10.3. The van der Waals surface area contributed by atoms with E-state index >= 15 is 0 Å². The monoisotopic (exact) mass is 264 g/mol. The summed E-state index contributed by atoms with van der Waals surface area (Å²) in [7, 11) is 0. The van der Waals surface area contributed by atoms with E-state index in [0.717, 1.165) is 0 Å². The van der Waals surface area contributed by atoms with Gasteiger partial charge in [0.05, 0.1) is 10.9 Å². The van der Waals surface area contributed by atoms with Crippen molar-refractivity contribution in [3.8, 4) is 11.5 Å². The van der Waals surface area contributed by atoms with E-state index < -0.39 is 11.9 Å². The first-order valence-corrected chi connectivity index (χ1v) is 4.90. The Balaban J connectivity index is 2.48. The molecule has 1 unspecified atom stereocenters. The summed E-state index contributed by atoms with van der Waals surface area (Å²) in [5.41, 5.74) is 0. The molecule has 1 aromatic rings. The average molecular weight is 265 g/mol. The van der Waals surface area contributed by atoms with Crippen LogP contribution >= 0.6 is 15.9 Å². The molecule has 0 spiro atoms. The minimum atomic E-state index is -2.24. The van der Waals surface area contributed by atoms with Crippen molar-refractivity contribution in [3.63, 3.8) is 0 Å². The van der Waals surface area contributed by atoms with Crippen molar-refractivity contribution in [2.45, 2.75) is 19.4 Å². The molecule has 0 aliphatic carbocycles. The summed E-state index contributed by atoms with van der Waals surface area (Å²) in [6.45, 7) is 1.55. The Morgan fingerprint density at radius 1 is 1.36 bits per heavy atom. The van der Waals surface area contributed by atoms with E-state index in [1.807, 2.05) is 0 Å². The van der Waals surface area contributed by atoms with Crippen molar-refractivity contribution in [1.82, 2.24) is 0 Å². The van der Waals surface area contributed by atoms with Gasteiger partial charge in [-0.25, -0.2) is 4.39 Å². The van der Waals surface area contributed by atoms with Crippen LogP contribution in [0.1, 0.15) is 13.3 Å². The fourth-order valence-corrected chi connectivity index (χ4v) is 1.57. The van der Waals surface area contributed by atoms with E-state index in [9.17, 15) is 8.78 Å². The summed E-state index contributed by atoms with van der Waals surface area (Å²) in [6, 6.07) is 0.389. The molecule has 5 heteroatoms. The zero-order chi connectivity index (χ0) is 10.3. The van der Waals surface area contributed by atoms with E-state index in [0.29, 0.717) is 4.47 Å². The Bertz CT molecular complexity index is 350. The predicted octanol–water partition coefficient (Wildman–Crippen LogP) is 3.39. The van der Waals surface area contributed by atoms with Crippen LogP contribution in [0.15, 0.2) is 16.6 Å². The van der Waals surface area contributed by atoms with E-state index in [4.69, 9.17) is 9.47 Å². The number of ether oxygens (including phenoxy) is 2. The summed E-state index contributed by atoms with van der Waals surface area (Å²) in [5.74, 6) is -0.728. The fraction of sp³-hybridized carbons (Fsp3) is 0.333. The molecule has 1 atom stereocenters. The Morgan fingerprint density at radius 3 is 2.57 bits per heavy atom. The van der Waals surface area contributed by atoms with Crippen molar-refractivity contribution in [3.05, 3.63) is 22.4 Å². The molecular weight excluding hydrogens is 258 g/mol. The topological polar surface area (TPSA) is 18.5 Å². The lowest BCUT2D eigenvalue weighted by molar-refractivity contribution is -0.192. The van der Waals surface area contributed by atoms with Gasteiger partial charge in [-0.15, -0.1) is 0 Å². The van der Waals surface area contributed by atoms with Crippen molar-refractivity contribution in [2.75, 3.05) is 0 Å². The number of fused-ring (bicyclic) bond motifs is 1. The van der Waals surface area contributed by atoms with Gasteiger partial charge in [-0.2, -0.15) is 4.39 Å². The molecule has 0 saturated heterocycles. The largest absolute Gasteiger partial charge is 0.421 e. The summed E-state index contributed by atoms with van der Waals surface area (Å²) >= 11 is 3.12. The molecule has 0 amide bonds. The van der Waals surface area contributed by atoms with Gasteiger partial charge in [-0.1, -0.05) is 6.92 Å². The van der Waals surface area contributed by atoms with Gasteiger partial charge in [0, 0.05) is 0 Å². The van der Waals surface area contributed by atoms with Crippen LogP contribution < -0.4 is 9.47 Å². The molecule has 14 heavy (non-hydrogen) atoms. The molecule has 0 saturated carbocycles. The number of alkyl halides is 1. The lowest BCUT2D eigenvalue weighted by Crippen LogP contribution is -2.31. The molecule has 0 N–H and O–H groups in total. The van der Waals surface area contributed by atoms with Crippen LogP contribution in [0, 0.1) is 5.82 Å². The van der Waals surface area contributed by atoms with Crippen LogP contribution in [0.25, 0.3) is 0 Å². The van der Waals surface area contributed by atoms with Crippen LogP contribution in [0.4, 0.5) is 8.78 Å². The molecule has 2 rings (SSSR count). The molecule has 1 aliphatic rings. The minimum Gasteiger partial charge on any atom is -0.421 e. The third-order valence-electron chi connectivity index (χ3n) is 1.95. The lowest BCUT2D eigenvalue weighted by Gasteiger charge is -2.15. The van der Waals surface area contributed by atoms with E-state index in [1.165, 1.54) is 12.1 Å². The number of hydrogen-bond acceptors (Lipinski definition) is 2. The molecule has 1 heterocycles. The number of hydrogen-bond donors (Lipinski definition) is 0. The molecular formula is C9H7BrF2O2. The zero-order valence-corrected chi connectivity index (χ0v) is 8.90. The molecule has 2 nitrogen and oxygen atoms in total. The summed E-state index contributed by atoms with van der Waals surface area (Å²) in [6.07, 6.45) is -0.00639. The smallest absolute Gasteiger partial charge is 0.407 e. The second-order valence-corrected chi connectivity index (χ2v) is 3.76. The van der Waals surface area contributed by atoms with Gasteiger partial charge >= 0.3 is 6.04 Å². The van der Waals surface area contributed by atoms with Gasteiger partial charge in [0.2, 0.25) is 5.75 Å². The van der Waals surface area contributed by atoms with Crippen LogP contribution in [-0.2, 0) is 0 Å². The highest BCUT2D eigenvalue weighted by molar-refractivity contribution is 9.10. The van der Waals surface area contributed by atoms with Gasteiger partial charge in [-0.3, -0.25) is 0 Å². The molecule has 0 aromatic heterocycles. The number of halogens is 3. The summed E-state index contributed by atoms with van der Waals surface area (Å²) in [4.78, 5) is 0. The molecule has 1 aromatic carbocycles. The second kappa shape index (κ2) is 3.08. The Kier molecular flexibility index (Phi) is 2.14. The van der Waals surface area contributed by atoms with Crippen molar-refractivity contribution < 1.29 is 18.3 Å². The predicted molar refractivity (Wildman–Crippen MR) is 49.5 cm³/mol. The minimum absolute atomic E-state index is 0.00639. The zero-order valence-electron chi connectivity index (χ0n) is 7.31. The highest BCUT2D eigenvalue weighted by atomic mass is 79.9. The number of benzene rings is 1. The molecule has 0 bridgehead atoms. The maximum absolute atomic E-state index is 13.6. The second-order valence-electron chi connectivity index (χ2n) is 2.91. The van der Waals surface area contributed by atoms with Crippen molar-refractivity contribution >= 4 is 15.9 Å². The molecule has 0 radical (unpaired) electrons. The van der Waals surface area contributed by atoms with E-state index in [2.05, 4.69) is 15.9 Å². The van der Waals surface area contributed by atoms with Gasteiger partial charge in [0.1, 0.15) is 0 Å². The third kappa shape index (κ3) is 1.35. The first kappa shape index (κ1) is 9.71. The van der Waals surface area contributed by atoms with Crippen LogP contribution in [-0.4, -0.2) is 6.04 Å². The normalized spacial score (nSPS) is 24.0. The van der Waals surface area contributed by atoms with Crippen molar-refractivity contribution in [1.29, 1.82) is 0 Å². The standard InChI is InChI=1S/C9H7BrF2O2/c1-2-9(12)13-7-5(10)3-4-6(11)8(7)14-9/h3-4H,2H2,1H3. The third-order valence-corrected chi connectivity index (χ3v) is 2.57. The van der Waals surface area contributed by atoms with Crippen LogP contribution in [0.5, 0.6) is 11.5 Å². The summed E-state index contributed by atoms with van der Waals surface area (Å²) in [5, 5.41) is 0. The van der Waals surface area contributed by atoms with Gasteiger partial charge in [0.15, 0.2) is 11.6 Å². The Labute approximate surface area is 87.9 Å². The summed E-state index contributed by atoms with van der Waals surface area (Å²) < 4.78 is 36.8. The highest BCUT2D eigenvalue weighted by Crippen LogP contribution is 2.47. The maximum Gasteiger partial charge on any atom is 0.407 e. The van der Waals surface area contributed by atoms with Gasteiger partial charge in [0.25, 0.3) is 0 Å². The van der Waals surface area contributed by atoms with Crippen molar-refractivity contribution in [2.24, 2.45) is 0 Å². The van der Waals surface area contributed by atoms with Gasteiger partial charge < -0.3 is 9.47 Å². The fourth-order valence-electron chi connectivity index (χ4n) is 1.17.